The molecule has 0 bridgehead atoms. The molecule has 1 atom stereocenters. The molecule has 0 spiro atoms. The third kappa shape index (κ3) is 22.3. The van der Waals surface area contributed by atoms with Gasteiger partial charge in [-0.1, -0.05) is 96.8 Å². The number of rotatable bonds is 21. The van der Waals surface area contributed by atoms with Crippen LogP contribution in [0.3, 0.4) is 0 Å². The van der Waals surface area contributed by atoms with E-state index in [4.69, 9.17) is 0 Å². The minimum Gasteiger partial charge on any atom is -0.392 e. The summed E-state index contributed by atoms with van der Waals surface area (Å²) in [6.07, 6.45) is 21.7. The summed E-state index contributed by atoms with van der Waals surface area (Å²) in [6, 6.07) is 0. The Morgan fingerprint density at radius 3 is 1.62 bits per heavy atom. The average Bonchev–Trinajstić information content (AvgIpc) is 2.61. The van der Waals surface area contributed by atoms with E-state index >= 15 is 0 Å². The molecule has 0 saturated heterocycles. The van der Waals surface area contributed by atoms with Crippen LogP contribution in [0, 0.1) is 0 Å². The lowest BCUT2D eigenvalue weighted by Crippen LogP contribution is -2.14. The van der Waals surface area contributed by atoms with E-state index in [-0.39, 0.29) is 6.10 Å². The van der Waals surface area contributed by atoms with Crippen molar-refractivity contribution in [1.29, 1.82) is 0 Å². The van der Waals surface area contributed by atoms with Gasteiger partial charge in [-0.3, -0.25) is 0 Å². The molecule has 0 aliphatic rings. The predicted molar refractivity (Wildman–Crippen MR) is 121 cm³/mol. The van der Waals surface area contributed by atoms with Crippen LogP contribution in [0.2, 0.25) is 0 Å². The van der Waals surface area contributed by atoms with Crippen molar-refractivity contribution in [2.24, 2.45) is 0 Å². The van der Waals surface area contributed by atoms with Crippen molar-refractivity contribution in [3.05, 3.63) is 0 Å². The topological polar surface area (TPSA) is 23.5 Å². The van der Waals surface area contributed by atoms with Crippen molar-refractivity contribution in [3.63, 3.8) is 0 Å². The molecule has 1 N–H and O–H groups in total. The summed E-state index contributed by atoms with van der Waals surface area (Å²) in [5, 5.41) is 10.0. The molecule has 0 radical (unpaired) electrons. The lowest BCUT2D eigenvalue weighted by molar-refractivity contribution is 0.185. The Morgan fingerprint density at radius 2 is 1.15 bits per heavy atom. The Balaban J connectivity index is 3.12. The molecule has 0 amide bonds. The summed E-state index contributed by atoms with van der Waals surface area (Å²) < 4.78 is 0. The summed E-state index contributed by atoms with van der Waals surface area (Å²) >= 11 is 1.91. The van der Waals surface area contributed by atoms with E-state index in [1.807, 2.05) is 11.8 Å². The van der Waals surface area contributed by atoms with Crippen LogP contribution in [0.15, 0.2) is 0 Å². The SMILES string of the molecule is CCCCCCCCCCCCCCCCC(O)CSCCCN(C)C. The van der Waals surface area contributed by atoms with Gasteiger partial charge in [-0.25, -0.2) is 0 Å². The molecule has 0 aromatic rings. The maximum absolute atomic E-state index is 10.0. The smallest absolute Gasteiger partial charge is 0.0630 e. The first-order valence-corrected chi connectivity index (χ1v) is 12.7. The van der Waals surface area contributed by atoms with Crippen LogP contribution in [0.4, 0.5) is 0 Å². The molecule has 0 aromatic carbocycles. The largest absolute Gasteiger partial charge is 0.392 e. The highest BCUT2D eigenvalue weighted by atomic mass is 32.2. The molecule has 0 aliphatic heterocycles. The van der Waals surface area contributed by atoms with Crippen LogP contribution < -0.4 is 0 Å². The van der Waals surface area contributed by atoms with Crippen molar-refractivity contribution < 1.29 is 5.11 Å². The lowest BCUT2D eigenvalue weighted by atomic mass is 10.0. The van der Waals surface area contributed by atoms with E-state index in [0.717, 1.165) is 18.7 Å². The second-order valence-electron chi connectivity index (χ2n) is 8.27. The molecule has 1 unspecified atom stereocenters. The van der Waals surface area contributed by atoms with E-state index in [9.17, 15) is 5.11 Å². The standard InChI is InChI=1S/C23H49NOS/c1-4-5-6-7-8-9-10-11-12-13-14-15-16-17-19-23(25)22-26-21-18-20-24(2)3/h23,25H,4-22H2,1-3H3. The van der Waals surface area contributed by atoms with E-state index in [1.54, 1.807) is 0 Å². The van der Waals surface area contributed by atoms with E-state index in [0.29, 0.717) is 0 Å². The summed E-state index contributed by atoms with van der Waals surface area (Å²) in [6.45, 7) is 3.44. The van der Waals surface area contributed by atoms with Crippen LogP contribution in [0.25, 0.3) is 0 Å². The minimum absolute atomic E-state index is 0.0864. The fraction of sp³-hybridized carbons (Fsp3) is 1.00. The maximum atomic E-state index is 10.0. The number of hydrogen-bond donors (Lipinski definition) is 1. The third-order valence-corrected chi connectivity index (χ3v) is 6.29. The van der Waals surface area contributed by atoms with Gasteiger partial charge in [0.15, 0.2) is 0 Å². The molecular weight excluding hydrogens is 338 g/mol. The highest BCUT2D eigenvalue weighted by Crippen LogP contribution is 2.15. The number of aliphatic hydroxyl groups excluding tert-OH is 1. The molecule has 0 heterocycles. The Morgan fingerprint density at radius 1 is 0.692 bits per heavy atom. The highest BCUT2D eigenvalue weighted by Gasteiger charge is 2.04. The van der Waals surface area contributed by atoms with Gasteiger partial charge < -0.3 is 10.0 Å². The van der Waals surface area contributed by atoms with Gasteiger partial charge in [0.1, 0.15) is 0 Å². The van der Waals surface area contributed by atoms with Crippen molar-refractivity contribution in [2.45, 2.75) is 116 Å². The van der Waals surface area contributed by atoms with Crippen LogP contribution in [-0.4, -0.2) is 48.3 Å². The fourth-order valence-corrected chi connectivity index (χ4v) is 4.30. The number of aliphatic hydroxyl groups is 1. The first-order valence-electron chi connectivity index (χ1n) is 11.6. The molecule has 0 saturated carbocycles. The third-order valence-electron chi connectivity index (χ3n) is 5.10. The Labute approximate surface area is 169 Å². The zero-order chi connectivity index (χ0) is 19.3. The van der Waals surface area contributed by atoms with Gasteiger partial charge in [-0.2, -0.15) is 11.8 Å². The Hall–Kier alpha value is 0.270. The summed E-state index contributed by atoms with van der Waals surface area (Å²) in [7, 11) is 4.24. The minimum atomic E-state index is -0.0864. The van der Waals surface area contributed by atoms with Gasteiger partial charge in [0.05, 0.1) is 6.10 Å². The summed E-state index contributed by atoms with van der Waals surface area (Å²) in [5.41, 5.74) is 0. The fourth-order valence-electron chi connectivity index (χ4n) is 3.36. The molecule has 0 rings (SSSR count). The highest BCUT2D eigenvalue weighted by molar-refractivity contribution is 7.99. The van der Waals surface area contributed by atoms with E-state index in [2.05, 4.69) is 25.9 Å². The monoisotopic (exact) mass is 387 g/mol. The van der Waals surface area contributed by atoms with Gasteiger partial charge in [-0.15, -0.1) is 0 Å². The second kappa shape index (κ2) is 21.6. The average molecular weight is 388 g/mol. The van der Waals surface area contributed by atoms with Crippen LogP contribution in [0.1, 0.15) is 110 Å². The summed E-state index contributed by atoms with van der Waals surface area (Å²) in [4.78, 5) is 2.23. The zero-order valence-electron chi connectivity index (χ0n) is 18.3. The molecule has 3 heteroatoms. The molecule has 26 heavy (non-hydrogen) atoms. The van der Waals surface area contributed by atoms with Gasteiger partial charge in [0.2, 0.25) is 0 Å². The first kappa shape index (κ1) is 26.3. The van der Waals surface area contributed by atoms with Gasteiger partial charge >= 0.3 is 0 Å². The molecular formula is C23H49NOS. The van der Waals surface area contributed by atoms with Crippen molar-refractivity contribution in [2.75, 3.05) is 32.1 Å². The van der Waals surface area contributed by atoms with Crippen LogP contribution in [-0.2, 0) is 0 Å². The van der Waals surface area contributed by atoms with Crippen molar-refractivity contribution >= 4 is 11.8 Å². The van der Waals surface area contributed by atoms with Crippen LogP contribution >= 0.6 is 11.8 Å². The zero-order valence-corrected chi connectivity index (χ0v) is 19.1. The molecule has 0 fully saturated rings. The van der Waals surface area contributed by atoms with Gasteiger partial charge in [0.25, 0.3) is 0 Å². The number of unbranched alkanes of at least 4 members (excludes halogenated alkanes) is 13. The van der Waals surface area contributed by atoms with Gasteiger partial charge in [0, 0.05) is 5.75 Å². The number of thioether (sulfide) groups is 1. The molecule has 0 aromatic heterocycles. The second-order valence-corrected chi connectivity index (χ2v) is 9.42. The molecule has 158 valence electrons. The summed E-state index contributed by atoms with van der Waals surface area (Å²) in [5.74, 6) is 2.10. The first-order chi connectivity index (χ1) is 12.7. The Bertz CT molecular complexity index is 261. The molecule has 0 aliphatic carbocycles. The predicted octanol–water partition coefficient (Wildman–Crippen LogP) is 6.90. The van der Waals surface area contributed by atoms with Gasteiger partial charge in [-0.05, 0) is 39.2 Å². The molecule has 2 nitrogen and oxygen atoms in total. The van der Waals surface area contributed by atoms with E-state index < -0.39 is 0 Å². The number of nitrogens with zero attached hydrogens (tertiary/aromatic N) is 1. The Kier molecular flexibility index (Phi) is 21.8. The van der Waals surface area contributed by atoms with Crippen molar-refractivity contribution in [1.82, 2.24) is 4.90 Å². The quantitative estimate of drug-likeness (QED) is 0.217. The number of hydrogen-bond acceptors (Lipinski definition) is 3. The van der Waals surface area contributed by atoms with Crippen LogP contribution in [0.5, 0.6) is 0 Å². The van der Waals surface area contributed by atoms with E-state index in [1.165, 1.54) is 102 Å². The lowest BCUT2D eigenvalue weighted by Gasteiger charge is -2.11. The van der Waals surface area contributed by atoms with Crippen molar-refractivity contribution in [3.8, 4) is 0 Å². The normalized spacial score (nSPS) is 12.8. The maximum Gasteiger partial charge on any atom is 0.0630 e.